The number of anilines is 3. The van der Waals surface area contributed by atoms with Gasteiger partial charge >= 0.3 is 0 Å². The Labute approximate surface area is 116 Å². The zero-order chi connectivity index (χ0) is 14.5. The maximum atomic E-state index is 12.1. The average Bonchev–Trinajstić information content (AvgIpc) is 2.41. The molecule has 0 aromatic heterocycles. The van der Waals surface area contributed by atoms with Crippen molar-refractivity contribution in [1.29, 1.82) is 5.26 Å². The predicted molar refractivity (Wildman–Crippen MR) is 79.0 cm³/mol. The van der Waals surface area contributed by atoms with Crippen LogP contribution in [0.5, 0.6) is 0 Å². The van der Waals surface area contributed by atoms with E-state index >= 15 is 0 Å². The van der Waals surface area contributed by atoms with Crippen LogP contribution in [0.4, 0.5) is 17.1 Å². The molecule has 0 saturated carbocycles. The molecule has 5 heteroatoms. The average molecular weight is 266 g/mol. The van der Waals surface area contributed by atoms with Crippen LogP contribution in [0.3, 0.4) is 0 Å². The summed E-state index contributed by atoms with van der Waals surface area (Å²) in [5, 5.41) is 11.3. The number of nitrogens with two attached hydrogens (primary N) is 2. The smallest absolute Gasteiger partial charge is 0.257 e. The minimum Gasteiger partial charge on any atom is -0.399 e. The highest BCUT2D eigenvalue weighted by Crippen LogP contribution is 2.18. The first-order valence-corrected chi connectivity index (χ1v) is 6.02. The van der Waals surface area contributed by atoms with Gasteiger partial charge in [0.15, 0.2) is 0 Å². The van der Waals surface area contributed by atoms with Gasteiger partial charge in [-0.25, -0.2) is 0 Å². The third-order valence-electron chi connectivity index (χ3n) is 2.82. The molecule has 0 aliphatic carbocycles. The SMILES string of the molecule is N#CCc1ccc(NC(=O)c2ccc(N)cc2N)cc1. The second-order valence-electron chi connectivity index (χ2n) is 4.33. The summed E-state index contributed by atoms with van der Waals surface area (Å²) in [5.74, 6) is -0.296. The molecule has 0 atom stereocenters. The van der Waals surface area contributed by atoms with Crippen molar-refractivity contribution >= 4 is 23.0 Å². The highest BCUT2D eigenvalue weighted by Gasteiger charge is 2.10. The lowest BCUT2D eigenvalue weighted by atomic mass is 10.1. The van der Waals surface area contributed by atoms with Crippen LogP contribution in [0.2, 0.25) is 0 Å². The minimum atomic E-state index is -0.296. The zero-order valence-electron chi connectivity index (χ0n) is 10.8. The molecule has 0 aliphatic rings. The molecule has 100 valence electrons. The third kappa shape index (κ3) is 3.06. The lowest BCUT2D eigenvalue weighted by Crippen LogP contribution is -2.14. The molecule has 0 spiro atoms. The molecule has 2 rings (SSSR count). The van der Waals surface area contributed by atoms with Crippen LogP contribution in [0.15, 0.2) is 42.5 Å². The number of rotatable bonds is 3. The molecule has 5 N–H and O–H groups in total. The first-order valence-electron chi connectivity index (χ1n) is 6.02. The molecule has 0 bridgehead atoms. The number of nitrogens with zero attached hydrogens (tertiary/aromatic N) is 1. The molecular formula is C15H14N4O. The Hall–Kier alpha value is -3.00. The largest absolute Gasteiger partial charge is 0.399 e. The molecule has 20 heavy (non-hydrogen) atoms. The second kappa shape index (κ2) is 5.76. The van der Waals surface area contributed by atoms with Gasteiger partial charge in [-0.15, -0.1) is 0 Å². The van der Waals surface area contributed by atoms with Crippen molar-refractivity contribution in [2.45, 2.75) is 6.42 Å². The summed E-state index contributed by atoms with van der Waals surface area (Å²) in [6, 6.07) is 13.9. The van der Waals surface area contributed by atoms with Crippen molar-refractivity contribution in [2.24, 2.45) is 0 Å². The van der Waals surface area contributed by atoms with Gasteiger partial charge in [-0.2, -0.15) is 5.26 Å². The van der Waals surface area contributed by atoms with Crippen molar-refractivity contribution in [2.75, 3.05) is 16.8 Å². The van der Waals surface area contributed by atoms with E-state index in [1.165, 1.54) is 0 Å². The number of hydrogen-bond acceptors (Lipinski definition) is 4. The summed E-state index contributed by atoms with van der Waals surface area (Å²) < 4.78 is 0. The van der Waals surface area contributed by atoms with Crippen LogP contribution in [-0.4, -0.2) is 5.91 Å². The molecule has 0 aliphatic heterocycles. The van der Waals surface area contributed by atoms with E-state index in [1.54, 1.807) is 42.5 Å². The predicted octanol–water partition coefficient (Wildman–Crippen LogP) is 2.17. The van der Waals surface area contributed by atoms with Crippen molar-refractivity contribution < 1.29 is 4.79 Å². The molecular weight excluding hydrogens is 252 g/mol. The van der Waals surface area contributed by atoms with Crippen LogP contribution in [-0.2, 0) is 6.42 Å². The van der Waals surface area contributed by atoms with E-state index in [0.29, 0.717) is 29.0 Å². The lowest BCUT2D eigenvalue weighted by Gasteiger charge is -2.08. The Kier molecular flexibility index (Phi) is 3.87. The highest BCUT2D eigenvalue weighted by molar-refractivity contribution is 6.08. The second-order valence-corrected chi connectivity index (χ2v) is 4.33. The van der Waals surface area contributed by atoms with Crippen molar-refractivity contribution in [3.8, 4) is 6.07 Å². The van der Waals surface area contributed by atoms with Crippen LogP contribution in [0.25, 0.3) is 0 Å². The maximum absolute atomic E-state index is 12.1. The Morgan fingerprint density at radius 3 is 2.45 bits per heavy atom. The van der Waals surface area contributed by atoms with E-state index in [0.717, 1.165) is 5.56 Å². The molecule has 0 heterocycles. The molecule has 0 radical (unpaired) electrons. The molecule has 0 fully saturated rings. The number of carbonyl (C=O) groups is 1. The zero-order valence-corrected chi connectivity index (χ0v) is 10.8. The molecule has 5 nitrogen and oxygen atoms in total. The summed E-state index contributed by atoms with van der Waals surface area (Å²) in [6.45, 7) is 0. The summed E-state index contributed by atoms with van der Waals surface area (Å²) >= 11 is 0. The summed E-state index contributed by atoms with van der Waals surface area (Å²) in [6.07, 6.45) is 0.346. The molecule has 0 saturated heterocycles. The van der Waals surface area contributed by atoms with Gasteiger partial charge in [0.2, 0.25) is 0 Å². The van der Waals surface area contributed by atoms with Gasteiger partial charge in [-0.05, 0) is 35.9 Å². The fourth-order valence-corrected chi connectivity index (χ4v) is 1.78. The fourth-order valence-electron chi connectivity index (χ4n) is 1.78. The number of amides is 1. The number of carbonyl (C=O) groups excluding carboxylic acids is 1. The number of nitrogens with one attached hydrogen (secondary N) is 1. The van der Waals surface area contributed by atoms with Gasteiger partial charge in [0.05, 0.1) is 18.1 Å². The number of hydrogen-bond donors (Lipinski definition) is 3. The van der Waals surface area contributed by atoms with Gasteiger partial charge in [0, 0.05) is 17.1 Å². The van der Waals surface area contributed by atoms with E-state index in [2.05, 4.69) is 11.4 Å². The van der Waals surface area contributed by atoms with Gasteiger partial charge in [-0.3, -0.25) is 4.79 Å². The number of benzene rings is 2. The highest BCUT2D eigenvalue weighted by atomic mass is 16.1. The van der Waals surface area contributed by atoms with Gasteiger partial charge in [0.25, 0.3) is 5.91 Å². The molecule has 2 aromatic rings. The Bertz CT molecular complexity index is 671. The van der Waals surface area contributed by atoms with E-state index in [1.807, 2.05) is 0 Å². The van der Waals surface area contributed by atoms with E-state index in [4.69, 9.17) is 16.7 Å². The summed E-state index contributed by atoms with van der Waals surface area (Å²) in [4.78, 5) is 12.1. The Morgan fingerprint density at radius 1 is 1.15 bits per heavy atom. The number of nitrogen functional groups attached to an aromatic ring is 2. The van der Waals surface area contributed by atoms with Gasteiger partial charge in [-0.1, -0.05) is 12.1 Å². The van der Waals surface area contributed by atoms with Crippen LogP contribution in [0, 0.1) is 11.3 Å². The Morgan fingerprint density at radius 2 is 1.85 bits per heavy atom. The third-order valence-corrected chi connectivity index (χ3v) is 2.82. The van der Waals surface area contributed by atoms with Crippen molar-refractivity contribution in [1.82, 2.24) is 0 Å². The van der Waals surface area contributed by atoms with Crippen molar-refractivity contribution in [3.63, 3.8) is 0 Å². The van der Waals surface area contributed by atoms with E-state index in [9.17, 15) is 4.79 Å². The van der Waals surface area contributed by atoms with Gasteiger partial charge in [0.1, 0.15) is 0 Å². The standard InChI is InChI=1S/C15H14N4O/c16-8-7-10-1-4-12(5-2-10)19-15(20)13-6-3-11(17)9-14(13)18/h1-6,9H,7,17-18H2,(H,19,20). The Balaban J connectivity index is 2.13. The first kappa shape index (κ1) is 13.4. The lowest BCUT2D eigenvalue weighted by molar-refractivity contribution is 0.102. The van der Waals surface area contributed by atoms with Crippen LogP contribution >= 0.6 is 0 Å². The normalized spacial score (nSPS) is 9.75. The van der Waals surface area contributed by atoms with Crippen LogP contribution in [0.1, 0.15) is 15.9 Å². The minimum absolute atomic E-state index is 0.296. The quantitative estimate of drug-likeness (QED) is 0.740. The van der Waals surface area contributed by atoms with Crippen LogP contribution < -0.4 is 16.8 Å². The fraction of sp³-hybridized carbons (Fsp3) is 0.0667. The summed E-state index contributed by atoms with van der Waals surface area (Å²) in [5.41, 5.74) is 14.1. The molecule has 1 amide bonds. The molecule has 0 unspecified atom stereocenters. The number of nitriles is 1. The topological polar surface area (TPSA) is 105 Å². The van der Waals surface area contributed by atoms with Gasteiger partial charge < -0.3 is 16.8 Å². The first-order chi connectivity index (χ1) is 9.60. The van der Waals surface area contributed by atoms with E-state index in [-0.39, 0.29) is 5.91 Å². The van der Waals surface area contributed by atoms with E-state index < -0.39 is 0 Å². The molecule has 2 aromatic carbocycles. The monoisotopic (exact) mass is 266 g/mol. The maximum Gasteiger partial charge on any atom is 0.257 e. The van der Waals surface area contributed by atoms with Crippen molar-refractivity contribution in [3.05, 3.63) is 53.6 Å². The summed E-state index contributed by atoms with van der Waals surface area (Å²) in [7, 11) is 0.